The molecule has 2 rings (SSSR count). The van der Waals surface area contributed by atoms with Gasteiger partial charge in [-0.15, -0.1) is 0 Å². The Labute approximate surface area is 121 Å². The minimum Gasteiger partial charge on any atom is -0.387 e. The fourth-order valence-corrected chi connectivity index (χ4v) is 2.27. The molecule has 0 aliphatic carbocycles. The SMILES string of the molecule is Cc1cnn(CCNCC(O)c2cccc(Br)c2)c1. The van der Waals surface area contributed by atoms with Gasteiger partial charge in [0.25, 0.3) is 0 Å². The highest BCUT2D eigenvalue weighted by Gasteiger charge is 2.06. The number of aliphatic hydroxyl groups excluding tert-OH is 1. The van der Waals surface area contributed by atoms with Gasteiger partial charge in [-0.3, -0.25) is 4.68 Å². The van der Waals surface area contributed by atoms with Gasteiger partial charge >= 0.3 is 0 Å². The summed E-state index contributed by atoms with van der Waals surface area (Å²) in [5.41, 5.74) is 2.07. The van der Waals surface area contributed by atoms with Gasteiger partial charge in [0, 0.05) is 23.8 Å². The van der Waals surface area contributed by atoms with Crippen molar-refractivity contribution in [2.45, 2.75) is 19.6 Å². The third kappa shape index (κ3) is 4.45. The monoisotopic (exact) mass is 323 g/mol. The van der Waals surface area contributed by atoms with E-state index in [9.17, 15) is 5.11 Å². The van der Waals surface area contributed by atoms with E-state index >= 15 is 0 Å². The van der Waals surface area contributed by atoms with E-state index in [-0.39, 0.29) is 0 Å². The number of halogens is 1. The molecule has 1 unspecified atom stereocenters. The Kier molecular flexibility index (Phi) is 5.13. The highest BCUT2D eigenvalue weighted by atomic mass is 79.9. The van der Waals surface area contributed by atoms with Crippen LogP contribution >= 0.6 is 15.9 Å². The van der Waals surface area contributed by atoms with Crippen molar-refractivity contribution in [2.24, 2.45) is 0 Å². The predicted molar refractivity (Wildman–Crippen MR) is 78.9 cm³/mol. The summed E-state index contributed by atoms with van der Waals surface area (Å²) in [6.07, 6.45) is 3.36. The van der Waals surface area contributed by atoms with Crippen LogP contribution in [0.2, 0.25) is 0 Å². The molecule has 102 valence electrons. The largest absolute Gasteiger partial charge is 0.387 e. The van der Waals surface area contributed by atoms with Crippen molar-refractivity contribution >= 4 is 15.9 Å². The third-order valence-corrected chi connectivity index (χ3v) is 3.34. The van der Waals surface area contributed by atoms with Crippen LogP contribution in [-0.4, -0.2) is 28.0 Å². The van der Waals surface area contributed by atoms with Crippen LogP contribution in [0.5, 0.6) is 0 Å². The zero-order valence-electron chi connectivity index (χ0n) is 10.9. The molecule has 1 aromatic heterocycles. The van der Waals surface area contributed by atoms with Gasteiger partial charge in [0.2, 0.25) is 0 Å². The quantitative estimate of drug-likeness (QED) is 0.802. The van der Waals surface area contributed by atoms with Gasteiger partial charge < -0.3 is 10.4 Å². The lowest BCUT2D eigenvalue weighted by Crippen LogP contribution is -2.25. The van der Waals surface area contributed by atoms with Gasteiger partial charge in [-0.25, -0.2) is 0 Å². The number of rotatable bonds is 6. The van der Waals surface area contributed by atoms with Crippen molar-refractivity contribution in [2.75, 3.05) is 13.1 Å². The summed E-state index contributed by atoms with van der Waals surface area (Å²) in [5, 5.41) is 17.5. The summed E-state index contributed by atoms with van der Waals surface area (Å²) in [4.78, 5) is 0. The Bertz CT molecular complexity index is 527. The molecule has 0 saturated carbocycles. The average molecular weight is 324 g/mol. The molecule has 1 aromatic carbocycles. The molecular weight excluding hydrogens is 306 g/mol. The van der Waals surface area contributed by atoms with Crippen LogP contribution in [0.1, 0.15) is 17.2 Å². The molecule has 0 radical (unpaired) electrons. The molecule has 0 aliphatic rings. The molecule has 5 heteroatoms. The van der Waals surface area contributed by atoms with Crippen molar-refractivity contribution in [3.63, 3.8) is 0 Å². The number of hydrogen-bond acceptors (Lipinski definition) is 3. The average Bonchev–Trinajstić information content (AvgIpc) is 2.80. The Hall–Kier alpha value is -1.17. The molecule has 0 fully saturated rings. The van der Waals surface area contributed by atoms with Gasteiger partial charge in [-0.1, -0.05) is 28.1 Å². The van der Waals surface area contributed by atoms with Crippen LogP contribution in [-0.2, 0) is 6.54 Å². The maximum Gasteiger partial charge on any atom is 0.0914 e. The van der Waals surface area contributed by atoms with E-state index in [0.717, 1.165) is 28.7 Å². The van der Waals surface area contributed by atoms with Crippen LogP contribution in [0.25, 0.3) is 0 Å². The maximum absolute atomic E-state index is 10.0. The smallest absolute Gasteiger partial charge is 0.0914 e. The fraction of sp³-hybridized carbons (Fsp3) is 0.357. The first-order valence-corrected chi connectivity index (χ1v) is 7.08. The van der Waals surface area contributed by atoms with Crippen LogP contribution in [0.3, 0.4) is 0 Å². The van der Waals surface area contributed by atoms with E-state index in [1.807, 2.05) is 48.3 Å². The van der Waals surface area contributed by atoms with Gasteiger partial charge in [-0.05, 0) is 30.2 Å². The topological polar surface area (TPSA) is 50.1 Å². The molecule has 0 bridgehead atoms. The molecule has 1 heterocycles. The molecular formula is C14H18BrN3O. The number of nitrogens with one attached hydrogen (secondary N) is 1. The number of nitrogens with zero attached hydrogens (tertiary/aromatic N) is 2. The number of hydrogen-bond donors (Lipinski definition) is 2. The molecule has 2 aromatic rings. The normalized spacial score (nSPS) is 12.6. The second-order valence-corrected chi connectivity index (χ2v) is 5.47. The summed E-state index contributed by atoms with van der Waals surface area (Å²) in [6.45, 7) is 4.15. The molecule has 1 atom stereocenters. The third-order valence-electron chi connectivity index (χ3n) is 2.85. The Balaban J connectivity index is 1.73. The molecule has 0 aliphatic heterocycles. The van der Waals surface area contributed by atoms with Crippen LogP contribution in [0.15, 0.2) is 41.1 Å². The Morgan fingerprint density at radius 2 is 2.32 bits per heavy atom. The van der Waals surface area contributed by atoms with Gasteiger partial charge in [-0.2, -0.15) is 5.10 Å². The molecule has 0 amide bonds. The van der Waals surface area contributed by atoms with E-state index in [1.54, 1.807) is 0 Å². The fourth-order valence-electron chi connectivity index (χ4n) is 1.85. The summed E-state index contributed by atoms with van der Waals surface area (Å²) in [7, 11) is 0. The van der Waals surface area contributed by atoms with Crippen molar-refractivity contribution < 1.29 is 5.11 Å². The van der Waals surface area contributed by atoms with Crippen LogP contribution in [0.4, 0.5) is 0 Å². The molecule has 19 heavy (non-hydrogen) atoms. The summed E-state index contributed by atoms with van der Waals surface area (Å²) in [5.74, 6) is 0. The zero-order chi connectivity index (χ0) is 13.7. The molecule has 2 N–H and O–H groups in total. The summed E-state index contributed by atoms with van der Waals surface area (Å²) >= 11 is 3.40. The first kappa shape index (κ1) is 14.2. The number of aliphatic hydroxyl groups is 1. The maximum atomic E-state index is 10.0. The van der Waals surface area contributed by atoms with Crippen molar-refractivity contribution in [1.82, 2.24) is 15.1 Å². The number of benzene rings is 1. The first-order valence-electron chi connectivity index (χ1n) is 6.28. The standard InChI is InChI=1S/C14H18BrN3O/c1-11-8-17-18(10-11)6-5-16-9-14(19)12-3-2-4-13(15)7-12/h2-4,7-8,10,14,16,19H,5-6,9H2,1H3. The molecule has 0 spiro atoms. The van der Waals surface area contributed by atoms with E-state index in [1.165, 1.54) is 0 Å². The number of aryl methyl sites for hydroxylation is 1. The highest BCUT2D eigenvalue weighted by Crippen LogP contribution is 2.17. The van der Waals surface area contributed by atoms with Crippen molar-refractivity contribution in [3.8, 4) is 0 Å². The summed E-state index contributed by atoms with van der Waals surface area (Å²) < 4.78 is 2.88. The van der Waals surface area contributed by atoms with E-state index < -0.39 is 6.10 Å². The number of aromatic nitrogens is 2. The Morgan fingerprint density at radius 3 is 3.00 bits per heavy atom. The Morgan fingerprint density at radius 1 is 1.47 bits per heavy atom. The van der Waals surface area contributed by atoms with Gasteiger partial charge in [0.05, 0.1) is 18.8 Å². The predicted octanol–water partition coefficient (Wildman–Crippen LogP) is 2.28. The zero-order valence-corrected chi connectivity index (χ0v) is 12.5. The molecule has 0 saturated heterocycles. The van der Waals surface area contributed by atoms with Crippen LogP contribution < -0.4 is 5.32 Å². The first-order chi connectivity index (χ1) is 9.15. The van der Waals surface area contributed by atoms with Gasteiger partial charge in [0.15, 0.2) is 0 Å². The minimum atomic E-state index is -0.489. The van der Waals surface area contributed by atoms with E-state index in [4.69, 9.17) is 0 Å². The lowest BCUT2D eigenvalue weighted by atomic mass is 10.1. The summed E-state index contributed by atoms with van der Waals surface area (Å²) in [6, 6.07) is 7.73. The second-order valence-electron chi connectivity index (χ2n) is 4.56. The minimum absolute atomic E-state index is 0.489. The second kappa shape index (κ2) is 6.84. The van der Waals surface area contributed by atoms with Crippen molar-refractivity contribution in [1.29, 1.82) is 0 Å². The lowest BCUT2D eigenvalue weighted by Gasteiger charge is -2.12. The van der Waals surface area contributed by atoms with E-state index in [0.29, 0.717) is 6.54 Å². The lowest BCUT2D eigenvalue weighted by molar-refractivity contribution is 0.174. The van der Waals surface area contributed by atoms with Crippen LogP contribution in [0, 0.1) is 6.92 Å². The van der Waals surface area contributed by atoms with Gasteiger partial charge in [0.1, 0.15) is 0 Å². The molecule has 4 nitrogen and oxygen atoms in total. The van der Waals surface area contributed by atoms with E-state index in [2.05, 4.69) is 26.3 Å². The highest BCUT2D eigenvalue weighted by molar-refractivity contribution is 9.10. The van der Waals surface area contributed by atoms with Crippen molar-refractivity contribution in [3.05, 3.63) is 52.3 Å².